The molecule has 0 aliphatic carbocycles. The predicted molar refractivity (Wildman–Crippen MR) is 63.3 cm³/mol. The van der Waals surface area contributed by atoms with Crippen LogP contribution in [0.15, 0.2) is 24.3 Å². The normalized spacial score (nSPS) is 10.7. The van der Waals surface area contributed by atoms with Crippen molar-refractivity contribution in [3.8, 4) is 5.75 Å². The molecule has 0 atom stereocenters. The van der Waals surface area contributed by atoms with Gasteiger partial charge in [-0.3, -0.25) is 0 Å². The highest BCUT2D eigenvalue weighted by molar-refractivity contribution is 5.28. The number of likely N-dealkylation sites (N-methyl/N-ethyl adjacent to an activating group) is 2. The molecule has 0 radical (unpaired) electrons. The zero-order valence-electron chi connectivity index (χ0n) is 9.79. The van der Waals surface area contributed by atoms with Crippen molar-refractivity contribution in [3.63, 3.8) is 0 Å². The van der Waals surface area contributed by atoms with Crippen molar-refractivity contribution >= 4 is 0 Å². The van der Waals surface area contributed by atoms with Crippen molar-refractivity contribution in [1.29, 1.82) is 0 Å². The highest BCUT2D eigenvalue weighted by Crippen LogP contribution is 2.13. The number of rotatable bonds is 6. The lowest BCUT2D eigenvalue weighted by molar-refractivity contribution is 0.327. The number of methoxy groups -OCH3 is 1. The standard InChI is InChI=1S/C12H20N2O/c1-13-7-8-14(2)10-11-5-4-6-12(9-11)15-3/h4-6,9,13H,7-8,10H2,1-3H3. The van der Waals surface area contributed by atoms with Crippen molar-refractivity contribution in [1.82, 2.24) is 10.2 Å². The van der Waals surface area contributed by atoms with Gasteiger partial charge in [-0.15, -0.1) is 0 Å². The Balaban J connectivity index is 2.48. The minimum atomic E-state index is 0.925. The van der Waals surface area contributed by atoms with E-state index < -0.39 is 0 Å². The molecular weight excluding hydrogens is 188 g/mol. The van der Waals surface area contributed by atoms with Crippen molar-refractivity contribution < 1.29 is 4.74 Å². The fourth-order valence-electron chi connectivity index (χ4n) is 1.46. The monoisotopic (exact) mass is 208 g/mol. The van der Waals surface area contributed by atoms with Gasteiger partial charge in [-0.25, -0.2) is 0 Å². The Morgan fingerprint density at radius 3 is 2.87 bits per heavy atom. The average Bonchev–Trinajstić information content (AvgIpc) is 2.26. The van der Waals surface area contributed by atoms with E-state index in [4.69, 9.17) is 4.74 Å². The first-order chi connectivity index (χ1) is 7.26. The summed E-state index contributed by atoms with van der Waals surface area (Å²) < 4.78 is 5.19. The Hall–Kier alpha value is -1.06. The lowest BCUT2D eigenvalue weighted by atomic mass is 10.2. The van der Waals surface area contributed by atoms with Gasteiger partial charge in [-0.05, 0) is 31.8 Å². The number of hydrogen-bond donors (Lipinski definition) is 1. The molecule has 0 aromatic heterocycles. The van der Waals surface area contributed by atoms with Gasteiger partial charge in [0.15, 0.2) is 0 Å². The highest BCUT2D eigenvalue weighted by atomic mass is 16.5. The van der Waals surface area contributed by atoms with Crippen molar-refractivity contribution in [2.45, 2.75) is 6.54 Å². The molecule has 0 saturated carbocycles. The molecule has 0 saturated heterocycles. The van der Waals surface area contributed by atoms with E-state index in [1.807, 2.05) is 19.2 Å². The van der Waals surface area contributed by atoms with E-state index >= 15 is 0 Å². The largest absolute Gasteiger partial charge is 0.497 e. The number of nitrogens with zero attached hydrogens (tertiary/aromatic N) is 1. The van der Waals surface area contributed by atoms with E-state index in [0.29, 0.717) is 0 Å². The Kier molecular flexibility index (Phi) is 5.15. The molecular formula is C12H20N2O. The molecule has 1 N–H and O–H groups in total. The molecule has 1 aromatic carbocycles. The first kappa shape index (κ1) is 12.0. The molecule has 0 fully saturated rings. The maximum absolute atomic E-state index is 5.19. The Labute approximate surface area is 92.0 Å². The van der Waals surface area contributed by atoms with Gasteiger partial charge in [-0.1, -0.05) is 12.1 Å². The molecule has 84 valence electrons. The van der Waals surface area contributed by atoms with Gasteiger partial charge in [0.05, 0.1) is 7.11 Å². The number of ether oxygens (including phenoxy) is 1. The molecule has 0 amide bonds. The summed E-state index contributed by atoms with van der Waals surface area (Å²) >= 11 is 0. The molecule has 15 heavy (non-hydrogen) atoms. The maximum Gasteiger partial charge on any atom is 0.119 e. The van der Waals surface area contributed by atoms with E-state index in [0.717, 1.165) is 25.4 Å². The molecule has 0 aliphatic heterocycles. The van der Waals surface area contributed by atoms with Crippen LogP contribution in [0.1, 0.15) is 5.56 Å². The Bertz CT molecular complexity index is 289. The predicted octanol–water partition coefficient (Wildman–Crippen LogP) is 1.35. The second-order valence-electron chi connectivity index (χ2n) is 3.69. The second kappa shape index (κ2) is 6.43. The van der Waals surface area contributed by atoms with Crippen LogP contribution in [-0.2, 0) is 6.54 Å². The van der Waals surface area contributed by atoms with E-state index in [2.05, 4.69) is 29.4 Å². The summed E-state index contributed by atoms with van der Waals surface area (Å²) in [5, 5.41) is 3.14. The zero-order chi connectivity index (χ0) is 11.1. The number of nitrogens with one attached hydrogen (secondary N) is 1. The third-order valence-electron chi connectivity index (χ3n) is 2.33. The van der Waals surface area contributed by atoms with Gasteiger partial charge in [0.25, 0.3) is 0 Å². The van der Waals surface area contributed by atoms with Crippen LogP contribution in [0.2, 0.25) is 0 Å². The summed E-state index contributed by atoms with van der Waals surface area (Å²) in [6.07, 6.45) is 0. The molecule has 3 nitrogen and oxygen atoms in total. The van der Waals surface area contributed by atoms with E-state index in [-0.39, 0.29) is 0 Å². The third-order valence-corrected chi connectivity index (χ3v) is 2.33. The zero-order valence-corrected chi connectivity index (χ0v) is 9.79. The fourth-order valence-corrected chi connectivity index (χ4v) is 1.46. The SMILES string of the molecule is CNCCN(C)Cc1cccc(OC)c1. The van der Waals surface area contributed by atoms with Gasteiger partial charge in [0.2, 0.25) is 0 Å². The minimum Gasteiger partial charge on any atom is -0.497 e. The fraction of sp³-hybridized carbons (Fsp3) is 0.500. The summed E-state index contributed by atoms with van der Waals surface area (Å²) in [5.41, 5.74) is 1.29. The van der Waals surface area contributed by atoms with Crippen LogP contribution in [-0.4, -0.2) is 39.2 Å². The third kappa shape index (κ3) is 4.32. The van der Waals surface area contributed by atoms with Gasteiger partial charge >= 0.3 is 0 Å². The quantitative estimate of drug-likeness (QED) is 0.763. The first-order valence-corrected chi connectivity index (χ1v) is 5.22. The van der Waals surface area contributed by atoms with Crippen molar-refractivity contribution in [2.75, 3.05) is 34.3 Å². The van der Waals surface area contributed by atoms with Crippen LogP contribution in [0.25, 0.3) is 0 Å². The molecule has 0 spiro atoms. The summed E-state index contributed by atoms with van der Waals surface area (Å²) in [4.78, 5) is 2.28. The Morgan fingerprint density at radius 2 is 2.20 bits per heavy atom. The lowest BCUT2D eigenvalue weighted by Gasteiger charge is -2.16. The molecule has 1 aromatic rings. The summed E-state index contributed by atoms with van der Waals surface area (Å²) in [5.74, 6) is 0.925. The van der Waals surface area contributed by atoms with Crippen LogP contribution < -0.4 is 10.1 Å². The second-order valence-corrected chi connectivity index (χ2v) is 3.69. The average molecular weight is 208 g/mol. The van der Waals surface area contributed by atoms with Gasteiger partial charge in [-0.2, -0.15) is 0 Å². The number of hydrogen-bond acceptors (Lipinski definition) is 3. The van der Waals surface area contributed by atoms with Crippen LogP contribution in [0.4, 0.5) is 0 Å². The summed E-state index contributed by atoms with van der Waals surface area (Å²) in [6, 6.07) is 8.20. The van der Waals surface area contributed by atoms with Gasteiger partial charge < -0.3 is 15.0 Å². The lowest BCUT2D eigenvalue weighted by Crippen LogP contribution is -2.26. The van der Waals surface area contributed by atoms with E-state index in [1.165, 1.54) is 5.56 Å². The smallest absolute Gasteiger partial charge is 0.119 e. The van der Waals surface area contributed by atoms with Crippen LogP contribution in [0.3, 0.4) is 0 Å². The maximum atomic E-state index is 5.19. The number of benzene rings is 1. The summed E-state index contributed by atoms with van der Waals surface area (Å²) in [7, 11) is 5.79. The molecule has 0 aliphatic rings. The molecule has 0 unspecified atom stereocenters. The van der Waals surface area contributed by atoms with Gasteiger partial charge in [0, 0.05) is 19.6 Å². The van der Waals surface area contributed by atoms with E-state index in [9.17, 15) is 0 Å². The minimum absolute atomic E-state index is 0.925. The first-order valence-electron chi connectivity index (χ1n) is 5.22. The van der Waals surface area contributed by atoms with Crippen LogP contribution >= 0.6 is 0 Å². The van der Waals surface area contributed by atoms with Crippen molar-refractivity contribution in [2.24, 2.45) is 0 Å². The van der Waals surface area contributed by atoms with E-state index in [1.54, 1.807) is 7.11 Å². The molecule has 0 heterocycles. The molecule has 0 bridgehead atoms. The molecule has 1 rings (SSSR count). The summed E-state index contributed by atoms with van der Waals surface area (Å²) in [6.45, 7) is 3.02. The van der Waals surface area contributed by atoms with Gasteiger partial charge in [0.1, 0.15) is 5.75 Å². The van der Waals surface area contributed by atoms with Crippen LogP contribution in [0, 0.1) is 0 Å². The van der Waals surface area contributed by atoms with Crippen molar-refractivity contribution in [3.05, 3.63) is 29.8 Å². The van der Waals surface area contributed by atoms with Crippen LogP contribution in [0.5, 0.6) is 5.75 Å². The molecule has 3 heteroatoms. The highest BCUT2D eigenvalue weighted by Gasteiger charge is 2.00. The topological polar surface area (TPSA) is 24.5 Å². The Morgan fingerprint density at radius 1 is 1.40 bits per heavy atom.